The fourth-order valence-electron chi connectivity index (χ4n) is 2.78. The Hall–Kier alpha value is -2.66. The Morgan fingerprint density at radius 1 is 1.28 bits per heavy atom. The van der Waals surface area contributed by atoms with Crippen LogP contribution in [0.5, 0.6) is 0 Å². The molecule has 2 fully saturated rings. The number of aromatic nitrogens is 2. The lowest BCUT2D eigenvalue weighted by Gasteiger charge is -2.35. The number of anilines is 2. The summed E-state index contributed by atoms with van der Waals surface area (Å²) in [5.74, 6) is 0.836. The molecule has 2 aliphatic rings. The van der Waals surface area contributed by atoms with Gasteiger partial charge in [-0.3, -0.25) is 4.79 Å². The van der Waals surface area contributed by atoms with Crippen LogP contribution in [0.25, 0.3) is 0 Å². The summed E-state index contributed by atoms with van der Waals surface area (Å²) in [6.45, 7) is 2.73. The van der Waals surface area contributed by atoms with Crippen molar-refractivity contribution in [2.24, 2.45) is 0 Å². The third-order valence-corrected chi connectivity index (χ3v) is 5.17. The van der Waals surface area contributed by atoms with Crippen molar-refractivity contribution in [3.8, 4) is 6.07 Å². The molecule has 1 aliphatic heterocycles. The number of pyridine rings is 1. The van der Waals surface area contributed by atoms with Crippen molar-refractivity contribution in [1.82, 2.24) is 14.9 Å². The Morgan fingerprint density at radius 2 is 2.08 bits per heavy atom. The first-order valence-electron chi connectivity index (χ1n) is 8.35. The third kappa shape index (κ3) is 3.56. The highest BCUT2D eigenvalue weighted by Gasteiger charge is 2.26. The predicted molar refractivity (Wildman–Crippen MR) is 95.8 cm³/mol. The molecule has 0 aromatic carbocycles. The molecule has 0 spiro atoms. The van der Waals surface area contributed by atoms with Gasteiger partial charge in [0.25, 0.3) is 5.91 Å². The number of piperazine rings is 1. The summed E-state index contributed by atoms with van der Waals surface area (Å²) in [5, 5.41) is 14.8. The van der Waals surface area contributed by atoms with Crippen molar-refractivity contribution < 1.29 is 4.79 Å². The maximum atomic E-state index is 12.6. The van der Waals surface area contributed by atoms with Crippen molar-refractivity contribution in [1.29, 1.82) is 5.26 Å². The Kier molecular flexibility index (Phi) is 4.24. The standard InChI is InChI=1S/C17H18N6OS/c18-9-12-1-4-15(19-10-12)22-5-7-23(8-6-22)16(24)14-11-25-17(21-14)20-13-2-3-13/h1,4,10-11,13H,2-3,5-8H2,(H,20,21). The fourth-order valence-corrected chi connectivity index (χ4v) is 3.54. The van der Waals surface area contributed by atoms with Gasteiger partial charge in [-0.15, -0.1) is 11.3 Å². The number of amides is 1. The second-order valence-corrected chi connectivity index (χ2v) is 7.11. The average Bonchev–Trinajstić information content (AvgIpc) is 3.36. The minimum Gasteiger partial charge on any atom is -0.359 e. The largest absolute Gasteiger partial charge is 0.359 e. The molecular weight excluding hydrogens is 336 g/mol. The maximum Gasteiger partial charge on any atom is 0.273 e. The summed E-state index contributed by atoms with van der Waals surface area (Å²) >= 11 is 1.49. The van der Waals surface area contributed by atoms with Crippen LogP contribution in [0.2, 0.25) is 0 Å². The van der Waals surface area contributed by atoms with Crippen LogP contribution in [0.3, 0.4) is 0 Å². The third-order valence-electron chi connectivity index (χ3n) is 4.40. The molecule has 2 aromatic heterocycles. The van der Waals surface area contributed by atoms with Crippen LogP contribution < -0.4 is 10.2 Å². The van der Waals surface area contributed by atoms with E-state index in [0.717, 1.165) is 24.0 Å². The van der Waals surface area contributed by atoms with Crippen molar-refractivity contribution in [2.45, 2.75) is 18.9 Å². The first-order valence-corrected chi connectivity index (χ1v) is 9.23. The first-order chi connectivity index (χ1) is 12.2. The molecule has 1 aliphatic carbocycles. The van der Waals surface area contributed by atoms with Gasteiger partial charge in [0.15, 0.2) is 5.13 Å². The minimum absolute atomic E-state index is 0.00691. The van der Waals surface area contributed by atoms with E-state index < -0.39 is 0 Å². The van der Waals surface area contributed by atoms with Crippen LogP contribution in [0.4, 0.5) is 10.9 Å². The van der Waals surface area contributed by atoms with Crippen LogP contribution in [0.1, 0.15) is 28.9 Å². The van der Waals surface area contributed by atoms with E-state index in [0.29, 0.717) is 30.4 Å². The van der Waals surface area contributed by atoms with E-state index in [2.05, 4.69) is 26.3 Å². The van der Waals surface area contributed by atoms with Gasteiger partial charge in [0.2, 0.25) is 0 Å². The summed E-state index contributed by atoms with van der Waals surface area (Å²) < 4.78 is 0. The summed E-state index contributed by atoms with van der Waals surface area (Å²) in [5.41, 5.74) is 1.08. The second-order valence-electron chi connectivity index (χ2n) is 6.25. The van der Waals surface area contributed by atoms with Gasteiger partial charge in [0.05, 0.1) is 5.56 Å². The molecule has 128 valence electrons. The number of nitrogens with one attached hydrogen (secondary N) is 1. The van der Waals surface area contributed by atoms with Crippen LogP contribution >= 0.6 is 11.3 Å². The molecule has 7 nitrogen and oxygen atoms in total. The number of thiazole rings is 1. The zero-order valence-electron chi connectivity index (χ0n) is 13.7. The number of nitrogens with zero attached hydrogens (tertiary/aromatic N) is 5. The summed E-state index contributed by atoms with van der Waals surface area (Å²) in [7, 11) is 0. The lowest BCUT2D eigenvalue weighted by molar-refractivity contribution is 0.0741. The van der Waals surface area contributed by atoms with E-state index in [1.165, 1.54) is 24.2 Å². The van der Waals surface area contributed by atoms with Crippen molar-refractivity contribution >= 4 is 28.2 Å². The van der Waals surface area contributed by atoms with Crippen LogP contribution in [0, 0.1) is 11.3 Å². The van der Waals surface area contributed by atoms with Gasteiger partial charge >= 0.3 is 0 Å². The van der Waals surface area contributed by atoms with E-state index in [1.807, 2.05) is 16.3 Å². The molecular formula is C17H18N6OS. The van der Waals surface area contributed by atoms with Crippen molar-refractivity contribution in [3.63, 3.8) is 0 Å². The Bertz CT molecular complexity index is 799. The number of nitriles is 1. The maximum absolute atomic E-state index is 12.6. The molecule has 0 atom stereocenters. The van der Waals surface area contributed by atoms with Gasteiger partial charge in [-0.25, -0.2) is 9.97 Å². The quantitative estimate of drug-likeness (QED) is 0.903. The normalized spacial score (nSPS) is 17.2. The van der Waals surface area contributed by atoms with Gasteiger partial charge in [-0.05, 0) is 25.0 Å². The molecule has 8 heteroatoms. The van der Waals surface area contributed by atoms with Gasteiger partial charge in [-0.1, -0.05) is 0 Å². The highest BCUT2D eigenvalue weighted by atomic mass is 32.1. The van der Waals surface area contributed by atoms with E-state index in [-0.39, 0.29) is 5.91 Å². The second kappa shape index (κ2) is 6.69. The molecule has 0 bridgehead atoms. The molecule has 3 heterocycles. The van der Waals surface area contributed by atoms with E-state index in [1.54, 1.807) is 12.3 Å². The van der Waals surface area contributed by atoms with Crippen LogP contribution in [0.15, 0.2) is 23.7 Å². The number of carbonyl (C=O) groups is 1. The van der Waals surface area contributed by atoms with Crippen LogP contribution in [-0.4, -0.2) is 53.0 Å². The van der Waals surface area contributed by atoms with Crippen LogP contribution in [-0.2, 0) is 0 Å². The topological polar surface area (TPSA) is 85.2 Å². The van der Waals surface area contributed by atoms with E-state index >= 15 is 0 Å². The zero-order chi connectivity index (χ0) is 17.2. The summed E-state index contributed by atoms with van der Waals surface area (Å²) in [6.07, 6.45) is 3.96. The average molecular weight is 354 g/mol. The Balaban J connectivity index is 1.35. The minimum atomic E-state index is -0.00691. The summed E-state index contributed by atoms with van der Waals surface area (Å²) in [6, 6.07) is 6.23. The summed E-state index contributed by atoms with van der Waals surface area (Å²) in [4.78, 5) is 25.3. The van der Waals surface area contributed by atoms with Gasteiger partial charge in [0, 0.05) is 43.8 Å². The predicted octanol–water partition coefficient (Wildman–Crippen LogP) is 1.95. The number of hydrogen-bond donors (Lipinski definition) is 1. The lowest BCUT2D eigenvalue weighted by Crippen LogP contribution is -2.49. The molecule has 4 rings (SSSR count). The monoisotopic (exact) mass is 354 g/mol. The number of rotatable bonds is 4. The molecule has 25 heavy (non-hydrogen) atoms. The van der Waals surface area contributed by atoms with Gasteiger partial charge in [-0.2, -0.15) is 5.26 Å². The van der Waals surface area contributed by atoms with E-state index in [4.69, 9.17) is 5.26 Å². The molecule has 2 aromatic rings. The molecule has 1 amide bonds. The number of carbonyl (C=O) groups excluding carboxylic acids is 1. The first kappa shape index (κ1) is 15.8. The van der Waals surface area contributed by atoms with E-state index in [9.17, 15) is 4.79 Å². The lowest BCUT2D eigenvalue weighted by atomic mass is 10.2. The fraction of sp³-hybridized carbons (Fsp3) is 0.412. The number of hydrogen-bond acceptors (Lipinski definition) is 7. The molecule has 0 unspecified atom stereocenters. The molecule has 0 radical (unpaired) electrons. The SMILES string of the molecule is N#Cc1ccc(N2CCN(C(=O)c3csc(NC4CC4)n3)CC2)nc1. The highest BCUT2D eigenvalue weighted by molar-refractivity contribution is 7.13. The van der Waals surface area contributed by atoms with Crippen molar-refractivity contribution in [2.75, 3.05) is 36.4 Å². The molecule has 1 N–H and O–H groups in total. The van der Waals surface area contributed by atoms with Crippen molar-refractivity contribution in [3.05, 3.63) is 35.0 Å². The smallest absolute Gasteiger partial charge is 0.273 e. The highest BCUT2D eigenvalue weighted by Crippen LogP contribution is 2.27. The van der Waals surface area contributed by atoms with Gasteiger partial charge < -0.3 is 15.1 Å². The Labute approximate surface area is 149 Å². The Morgan fingerprint density at radius 3 is 2.72 bits per heavy atom. The molecule has 1 saturated heterocycles. The molecule has 1 saturated carbocycles. The zero-order valence-corrected chi connectivity index (χ0v) is 14.5. The van der Waals surface area contributed by atoms with Gasteiger partial charge in [0.1, 0.15) is 17.6 Å².